The number of benzene rings is 1. The molecule has 8 heteroatoms. The number of carbonyl (C=O) groups excluding carboxylic acids is 2. The van der Waals surface area contributed by atoms with Gasteiger partial charge in [0.15, 0.2) is 16.8 Å². The zero-order chi connectivity index (χ0) is 21.4. The zero-order valence-corrected chi connectivity index (χ0v) is 18.8. The van der Waals surface area contributed by atoms with Gasteiger partial charge in [0.1, 0.15) is 0 Å². The summed E-state index contributed by atoms with van der Waals surface area (Å²) in [6.07, 6.45) is 3.05. The molecule has 0 saturated carbocycles. The minimum Gasteiger partial charge on any atom is -0.325 e. The van der Waals surface area contributed by atoms with Gasteiger partial charge in [0.25, 0.3) is 0 Å². The second-order valence-corrected chi connectivity index (χ2v) is 8.15. The van der Waals surface area contributed by atoms with Crippen molar-refractivity contribution in [3.63, 3.8) is 0 Å². The molecule has 1 atom stereocenters. The highest BCUT2D eigenvalue weighted by Gasteiger charge is 2.22. The first-order chi connectivity index (χ1) is 13.9. The molecule has 7 nitrogen and oxygen atoms in total. The highest BCUT2D eigenvalue weighted by atomic mass is 32.2. The molecular weight excluding hydrogens is 386 g/mol. The van der Waals surface area contributed by atoms with Crippen LogP contribution in [-0.2, 0) is 11.3 Å². The predicted octanol–water partition coefficient (Wildman–Crippen LogP) is 4.02. The van der Waals surface area contributed by atoms with Crippen molar-refractivity contribution >= 4 is 29.1 Å². The van der Waals surface area contributed by atoms with E-state index in [1.807, 2.05) is 14.1 Å². The van der Waals surface area contributed by atoms with Crippen LogP contribution in [0.4, 0.5) is 5.69 Å². The van der Waals surface area contributed by atoms with E-state index in [1.54, 1.807) is 24.3 Å². The molecule has 0 aliphatic heterocycles. The Morgan fingerprint density at radius 3 is 2.62 bits per heavy atom. The van der Waals surface area contributed by atoms with Gasteiger partial charge in [-0.1, -0.05) is 44.2 Å². The summed E-state index contributed by atoms with van der Waals surface area (Å²) in [6, 6.07) is 7.16. The SMILES string of the molecule is CCCCn1c(SCC(=O)Nc2cccc(C(C)=O)c2)nnc1[C@@H](CC)N(C)C. The fourth-order valence-corrected chi connectivity index (χ4v) is 3.87. The van der Waals surface area contributed by atoms with E-state index in [9.17, 15) is 9.59 Å². The Morgan fingerprint density at radius 2 is 2.00 bits per heavy atom. The second kappa shape index (κ2) is 11.1. The fourth-order valence-electron chi connectivity index (χ4n) is 3.10. The summed E-state index contributed by atoms with van der Waals surface area (Å²) in [5.41, 5.74) is 1.20. The maximum absolute atomic E-state index is 12.4. The molecule has 0 fully saturated rings. The predicted molar refractivity (Wildman–Crippen MR) is 117 cm³/mol. The third-order valence-electron chi connectivity index (χ3n) is 4.67. The van der Waals surface area contributed by atoms with Gasteiger partial charge in [0.2, 0.25) is 5.91 Å². The number of Topliss-reactive ketones (excluding diaryl/α,β-unsaturated/α-hetero) is 1. The van der Waals surface area contributed by atoms with Gasteiger partial charge in [0.05, 0.1) is 11.8 Å². The average molecular weight is 418 g/mol. The van der Waals surface area contributed by atoms with E-state index in [4.69, 9.17) is 0 Å². The zero-order valence-electron chi connectivity index (χ0n) is 17.9. The van der Waals surface area contributed by atoms with E-state index in [2.05, 4.69) is 38.8 Å². The molecule has 0 aliphatic carbocycles. The number of rotatable bonds is 11. The van der Waals surface area contributed by atoms with E-state index in [0.717, 1.165) is 36.8 Å². The van der Waals surface area contributed by atoms with Crippen LogP contribution in [0.5, 0.6) is 0 Å². The van der Waals surface area contributed by atoms with Crippen LogP contribution in [0.25, 0.3) is 0 Å². The van der Waals surface area contributed by atoms with Crippen molar-refractivity contribution in [2.24, 2.45) is 0 Å². The monoisotopic (exact) mass is 417 g/mol. The Balaban J connectivity index is 2.09. The van der Waals surface area contributed by atoms with E-state index in [1.165, 1.54) is 18.7 Å². The van der Waals surface area contributed by atoms with Crippen LogP contribution in [0.15, 0.2) is 29.4 Å². The molecule has 0 aliphatic rings. The van der Waals surface area contributed by atoms with Crippen molar-refractivity contribution in [1.29, 1.82) is 0 Å². The molecule has 1 heterocycles. The van der Waals surface area contributed by atoms with Crippen molar-refractivity contribution in [2.45, 2.75) is 57.8 Å². The van der Waals surface area contributed by atoms with Crippen molar-refractivity contribution in [3.8, 4) is 0 Å². The van der Waals surface area contributed by atoms with Crippen LogP contribution < -0.4 is 5.32 Å². The number of hydrogen-bond acceptors (Lipinski definition) is 6. The summed E-state index contributed by atoms with van der Waals surface area (Å²) < 4.78 is 2.14. The summed E-state index contributed by atoms with van der Waals surface area (Å²) in [4.78, 5) is 26.1. The highest BCUT2D eigenvalue weighted by molar-refractivity contribution is 7.99. The number of hydrogen-bond donors (Lipinski definition) is 1. The standard InChI is InChI=1S/C21H31N5O2S/c1-6-8-12-26-20(18(7-2)25(4)5)23-24-21(26)29-14-19(28)22-17-11-9-10-16(13-17)15(3)27/h9-11,13,18H,6-8,12,14H2,1-5H3,(H,22,28)/t18-/m1/s1. The smallest absolute Gasteiger partial charge is 0.234 e. The van der Waals surface area contributed by atoms with Gasteiger partial charge < -0.3 is 9.88 Å². The number of anilines is 1. The molecule has 29 heavy (non-hydrogen) atoms. The molecule has 2 aromatic rings. The van der Waals surface area contributed by atoms with Crippen LogP contribution in [0.2, 0.25) is 0 Å². The third kappa shape index (κ3) is 6.40. The molecule has 0 radical (unpaired) electrons. The molecule has 2 rings (SSSR count). The van der Waals surface area contributed by atoms with Gasteiger partial charge in [-0.3, -0.25) is 14.5 Å². The minimum absolute atomic E-state index is 0.0293. The molecule has 0 saturated heterocycles. The van der Waals surface area contributed by atoms with Crippen LogP contribution in [0.1, 0.15) is 62.3 Å². The number of aromatic nitrogens is 3. The van der Waals surface area contributed by atoms with Crippen LogP contribution in [0, 0.1) is 0 Å². The molecule has 1 aromatic heterocycles. The number of thioether (sulfide) groups is 1. The first-order valence-corrected chi connectivity index (χ1v) is 11.0. The third-order valence-corrected chi connectivity index (χ3v) is 5.64. The summed E-state index contributed by atoms with van der Waals surface area (Å²) in [7, 11) is 4.09. The van der Waals surface area contributed by atoms with Gasteiger partial charge in [-0.25, -0.2) is 0 Å². The average Bonchev–Trinajstić information content (AvgIpc) is 3.07. The Hall–Kier alpha value is -2.19. The largest absolute Gasteiger partial charge is 0.325 e. The molecule has 0 unspecified atom stereocenters. The van der Waals surface area contributed by atoms with Gasteiger partial charge in [-0.15, -0.1) is 10.2 Å². The quantitative estimate of drug-likeness (QED) is 0.439. The normalized spacial score (nSPS) is 12.2. The Labute approximate surface area is 177 Å². The van der Waals surface area contributed by atoms with Gasteiger partial charge in [-0.2, -0.15) is 0 Å². The van der Waals surface area contributed by atoms with Crippen LogP contribution in [0.3, 0.4) is 0 Å². The van der Waals surface area contributed by atoms with Crippen LogP contribution >= 0.6 is 11.8 Å². The maximum Gasteiger partial charge on any atom is 0.234 e. The molecular formula is C21H31N5O2S. The molecule has 158 valence electrons. The molecule has 0 bridgehead atoms. The van der Waals surface area contributed by atoms with Gasteiger partial charge in [-0.05, 0) is 46.0 Å². The number of nitrogens with one attached hydrogen (secondary N) is 1. The lowest BCUT2D eigenvalue weighted by atomic mass is 10.1. The summed E-state index contributed by atoms with van der Waals surface area (Å²) in [5, 5.41) is 12.4. The van der Waals surface area contributed by atoms with E-state index >= 15 is 0 Å². The summed E-state index contributed by atoms with van der Waals surface area (Å²) in [5.74, 6) is 1.01. The van der Waals surface area contributed by atoms with E-state index in [0.29, 0.717) is 11.3 Å². The Morgan fingerprint density at radius 1 is 1.24 bits per heavy atom. The van der Waals surface area contributed by atoms with E-state index < -0.39 is 0 Å². The lowest BCUT2D eigenvalue weighted by molar-refractivity contribution is -0.113. The Bertz CT molecular complexity index is 834. The number of ketones is 1. The lowest BCUT2D eigenvalue weighted by Crippen LogP contribution is -2.23. The van der Waals surface area contributed by atoms with Crippen LogP contribution in [-0.4, -0.2) is 51.2 Å². The molecule has 1 N–H and O–H groups in total. The summed E-state index contributed by atoms with van der Waals surface area (Å²) >= 11 is 1.39. The Kier molecular flexibility index (Phi) is 8.85. The second-order valence-electron chi connectivity index (χ2n) is 7.21. The van der Waals surface area contributed by atoms with Gasteiger partial charge in [0, 0.05) is 17.8 Å². The van der Waals surface area contributed by atoms with Crippen molar-refractivity contribution < 1.29 is 9.59 Å². The number of carbonyl (C=O) groups is 2. The molecule has 0 spiro atoms. The first kappa shape index (κ1) is 23.1. The lowest BCUT2D eigenvalue weighted by Gasteiger charge is -2.23. The van der Waals surface area contributed by atoms with Crippen molar-refractivity contribution in [2.75, 3.05) is 25.2 Å². The maximum atomic E-state index is 12.4. The number of unbranched alkanes of at least 4 members (excludes halogenated alkanes) is 1. The fraction of sp³-hybridized carbons (Fsp3) is 0.524. The van der Waals surface area contributed by atoms with Gasteiger partial charge >= 0.3 is 0 Å². The van der Waals surface area contributed by atoms with Crippen molar-refractivity contribution in [1.82, 2.24) is 19.7 Å². The highest BCUT2D eigenvalue weighted by Crippen LogP contribution is 2.26. The molecule has 1 amide bonds. The number of nitrogens with zero attached hydrogens (tertiary/aromatic N) is 4. The minimum atomic E-state index is -0.137. The first-order valence-electron chi connectivity index (χ1n) is 10.0. The number of amides is 1. The topological polar surface area (TPSA) is 80.1 Å². The van der Waals surface area contributed by atoms with E-state index in [-0.39, 0.29) is 23.5 Å². The summed E-state index contributed by atoms with van der Waals surface area (Å²) in [6.45, 7) is 6.64. The van der Waals surface area contributed by atoms with Crippen molar-refractivity contribution in [3.05, 3.63) is 35.7 Å². The molecule has 1 aromatic carbocycles.